The first kappa shape index (κ1) is 20.2. The van der Waals surface area contributed by atoms with E-state index in [4.69, 9.17) is 19.4 Å². The Balaban J connectivity index is 0.00000112. The van der Waals surface area contributed by atoms with Crippen molar-refractivity contribution in [2.24, 2.45) is 0 Å². The van der Waals surface area contributed by atoms with Gasteiger partial charge in [0.2, 0.25) is 6.79 Å². The number of piperidine rings is 1. The summed E-state index contributed by atoms with van der Waals surface area (Å²) in [5.74, 6) is 3.44. The maximum atomic E-state index is 5.54. The van der Waals surface area contributed by atoms with Gasteiger partial charge in [0.15, 0.2) is 17.3 Å². The minimum Gasteiger partial charge on any atom is -0.454 e. The molecule has 8 heteroatoms. The molecule has 0 radical (unpaired) electrons. The van der Waals surface area contributed by atoms with Gasteiger partial charge in [0.05, 0.1) is 11.2 Å². The van der Waals surface area contributed by atoms with Gasteiger partial charge in [-0.15, -0.1) is 12.4 Å². The number of fused-ring (bicyclic) bond motifs is 2. The number of nitrogens with one attached hydrogen (secondary N) is 1. The van der Waals surface area contributed by atoms with Gasteiger partial charge in [-0.3, -0.25) is 0 Å². The Kier molecular flexibility index (Phi) is 5.67. The van der Waals surface area contributed by atoms with Crippen LogP contribution in [0.3, 0.4) is 0 Å². The van der Waals surface area contributed by atoms with Gasteiger partial charge in [0.1, 0.15) is 11.3 Å². The van der Waals surface area contributed by atoms with Gasteiger partial charge in [0.25, 0.3) is 0 Å². The minimum absolute atomic E-state index is 0. The molecule has 2 aliphatic heterocycles. The van der Waals surface area contributed by atoms with Crippen molar-refractivity contribution in [3.8, 4) is 22.8 Å². The van der Waals surface area contributed by atoms with Crippen molar-refractivity contribution in [1.82, 2.24) is 15.0 Å². The summed E-state index contributed by atoms with van der Waals surface area (Å²) >= 11 is 0. The van der Waals surface area contributed by atoms with Crippen LogP contribution in [0, 0.1) is 13.8 Å². The van der Waals surface area contributed by atoms with Crippen LogP contribution in [0.25, 0.3) is 22.3 Å². The Morgan fingerprint density at radius 2 is 1.75 bits per heavy atom. The third-order valence-electron chi connectivity index (χ3n) is 5.30. The summed E-state index contributed by atoms with van der Waals surface area (Å²) in [5.41, 5.74) is 5.32. The molecule has 0 amide bonds. The Morgan fingerprint density at radius 1 is 1.00 bits per heavy atom. The predicted molar refractivity (Wildman–Crippen MR) is 112 cm³/mol. The Bertz CT molecular complexity index is 999. The summed E-state index contributed by atoms with van der Waals surface area (Å²) < 4.78 is 11.0. The monoisotopic (exact) mass is 404 g/mol. The molecule has 1 aromatic carbocycles. The van der Waals surface area contributed by atoms with E-state index < -0.39 is 0 Å². The summed E-state index contributed by atoms with van der Waals surface area (Å²) in [6.07, 6.45) is 3.74. The van der Waals surface area contributed by atoms with E-state index in [2.05, 4.69) is 22.9 Å². The summed E-state index contributed by atoms with van der Waals surface area (Å²) in [4.78, 5) is 15.5. The maximum Gasteiger partial charge on any atom is 0.231 e. The van der Waals surface area contributed by atoms with Crippen molar-refractivity contribution in [1.29, 1.82) is 0 Å². The molecule has 1 fully saturated rings. The van der Waals surface area contributed by atoms with Crippen LogP contribution in [-0.2, 0) is 0 Å². The maximum absolute atomic E-state index is 5.54. The molecule has 0 atom stereocenters. The van der Waals surface area contributed by atoms with E-state index in [1.54, 1.807) is 0 Å². The molecular formula is C20H25ClN4O3. The molecule has 2 aliphatic rings. The first-order valence-corrected chi connectivity index (χ1v) is 9.22. The molecule has 3 N–H and O–H groups in total. The van der Waals surface area contributed by atoms with Crippen molar-refractivity contribution in [2.75, 3.05) is 24.8 Å². The van der Waals surface area contributed by atoms with E-state index in [0.717, 1.165) is 64.1 Å². The van der Waals surface area contributed by atoms with Crippen LogP contribution < -0.4 is 14.4 Å². The number of H-pyrrole nitrogens is 1. The zero-order valence-electron chi connectivity index (χ0n) is 16.0. The van der Waals surface area contributed by atoms with Crippen molar-refractivity contribution < 1.29 is 14.9 Å². The predicted octanol–water partition coefficient (Wildman–Crippen LogP) is 3.56. The van der Waals surface area contributed by atoms with Gasteiger partial charge >= 0.3 is 0 Å². The summed E-state index contributed by atoms with van der Waals surface area (Å²) in [7, 11) is 0. The lowest BCUT2D eigenvalue weighted by Gasteiger charge is -2.28. The van der Waals surface area contributed by atoms with Crippen LogP contribution >= 0.6 is 12.4 Å². The van der Waals surface area contributed by atoms with Crippen LogP contribution in [0.1, 0.15) is 30.7 Å². The highest BCUT2D eigenvalue weighted by Gasteiger charge is 2.22. The fourth-order valence-electron chi connectivity index (χ4n) is 3.96. The molecular weight excluding hydrogens is 380 g/mol. The van der Waals surface area contributed by atoms with Gasteiger partial charge in [-0.05, 0) is 51.3 Å². The van der Waals surface area contributed by atoms with Crippen molar-refractivity contribution in [3.05, 3.63) is 29.6 Å². The fraction of sp³-hybridized carbons (Fsp3) is 0.400. The average Bonchev–Trinajstić information content (AvgIpc) is 3.26. The number of benzene rings is 1. The number of anilines is 1. The van der Waals surface area contributed by atoms with Crippen LogP contribution in [0.2, 0.25) is 0 Å². The molecule has 5 rings (SSSR count). The molecule has 0 unspecified atom stereocenters. The molecule has 2 aromatic heterocycles. The lowest BCUT2D eigenvalue weighted by atomic mass is 10.1. The number of halogens is 1. The lowest BCUT2D eigenvalue weighted by molar-refractivity contribution is 0.174. The van der Waals surface area contributed by atoms with Crippen LogP contribution in [0.5, 0.6) is 11.5 Å². The first-order chi connectivity index (χ1) is 12.7. The number of aromatic nitrogens is 3. The van der Waals surface area contributed by atoms with E-state index in [-0.39, 0.29) is 24.7 Å². The lowest BCUT2D eigenvalue weighted by Crippen LogP contribution is -2.30. The van der Waals surface area contributed by atoms with Gasteiger partial charge in [0, 0.05) is 24.2 Å². The molecule has 0 aliphatic carbocycles. The van der Waals surface area contributed by atoms with Gasteiger partial charge in [-0.25, -0.2) is 9.97 Å². The fourth-order valence-corrected chi connectivity index (χ4v) is 3.96. The highest BCUT2D eigenvalue weighted by atomic mass is 35.5. The van der Waals surface area contributed by atoms with E-state index >= 15 is 0 Å². The van der Waals surface area contributed by atoms with Crippen LogP contribution in [-0.4, -0.2) is 40.3 Å². The molecule has 0 spiro atoms. The second-order valence-electron chi connectivity index (χ2n) is 7.06. The smallest absolute Gasteiger partial charge is 0.231 e. The van der Waals surface area contributed by atoms with Crippen molar-refractivity contribution in [2.45, 2.75) is 33.1 Å². The molecule has 4 heterocycles. The quantitative estimate of drug-likeness (QED) is 0.704. The van der Waals surface area contributed by atoms with Crippen molar-refractivity contribution >= 4 is 29.3 Å². The molecule has 150 valence electrons. The molecule has 0 bridgehead atoms. The van der Waals surface area contributed by atoms with E-state index in [1.165, 1.54) is 19.3 Å². The average molecular weight is 405 g/mol. The molecule has 3 aromatic rings. The topological polar surface area (TPSA) is 94.8 Å². The highest BCUT2D eigenvalue weighted by molar-refractivity contribution is 5.94. The molecule has 1 saturated heterocycles. The number of nitrogens with zero attached hydrogens (tertiary/aromatic N) is 3. The second kappa shape index (κ2) is 7.85. The van der Waals surface area contributed by atoms with Gasteiger partial charge in [-0.2, -0.15) is 0 Å². The Morgan fingerprint density at radius 3 is 2.54 bits per heavy atom. The van der Waals surface area contributed by atoms with E-state index in [9.17, 15) is 0 Å². The Labute approximate surface area is 169 Å². The van der Waals surface area contributed by atoms with Gasteiger partial charge < -0.3 is 24.8 Å². The van der Waals surface area contributed by atoms with E-state index in [1.807, 2.05) is 19.1 Å². The third-order valence-corrected chi connectivity index (χ3v) is 5.30. The minimum atomic E-state index is 0. The third kappa shape index (κ3) is 3.25. The number of hydrogen-bond donors (Lipinski definition) is 1. The zero-order chi connectivity index (χ0) is 17.7. The SMILES string of the molecule is Cc1nc(N2CCCCC2)c2[nH]c(-c3ccc4c(c3)OCO4)c(C)c2n1.Cl.O. The molecule has 7 nitrogen and oxygen atoms in total. The van der Waals surface area contributed by atoms with Gasteiger partial charge in [-0.1, -0.05) is 0 Å². The summed E-state index contributed by atoms with van der Waals surface area (Å²) in [6, 6.07) is 6.05. The zero-order valence-corrected chi connectivity index (χ0v) is 16.9. The summed E-state index contributed by atoms with van der Waals surface area (Å²) in [5, 5.41) is 0. The van der Waals surface area contributed by atoms with Crippen LogP contribution in [0.4, 0.5) is 5.82 Å². The molecule has 0 saturated carbocycles. The second-order valence-corrected chi connectivity index (χ2v) is 7.06. The Hall–Kier alpha value is -2.51. The number of hydrogen-bond acceptors (Lipinski definition) is 5. The molecule has 28 heavy (non-hydrogen) atoms. The van der Waals surface area contributed by atoms with E-state index in [0.29, 0.717) is 0 Å². The van der Waals surface area contributed by atoms with Crippen molar-refractivity contribution in [3.63, 3.8) is 0 Å². The highest BCUT2D eigenvalue weighted by Crippen LogP contribution is 2.39. The normalized spacial score (nSPS) is 15.3. The summed E-state index contributed by atoms with van der Waals surface area (Å²) in [6.45, 7) is 6.49. The number of aryl methyl sites for hydroxylation is 2. The number of rotatable bonds is 2. The first-order valence-electron chi connectivity index (χ1n) is 9.22. The van der Waals surface area contributed by atoms with Crippen LogP contribution in [0.15, 0.2) is 18.2 Å². The largest absolute Gasteiger partial charge is 0.454 e. The number of aromatic amines is 1. The standard InChI is InChI=1S/C20H22N4O2.ClH.H2O/c1-12-17(14-6-7-15-16(10-14)26-11-25-15)23-19-18(12)21-13(2)22-20(19)24-8-4-3-5-9-24;;/h6-7,10,23H,3-5,8-9,11H2,1-2H3;1H;1H2. The number of ether oxygens (including phenoxy) is 2.